The van der Waals surface area contributed by atoms with E-state index in [0.717, 1.165) is 29.7 Å². The van der Waals surface area contributed by atoms with Gasteiger partial charge in [0.1, 0.15) is 11.8 Å². The number of methoxy groups -OCH3 is 1. The lowest BCUT2D eigenvalue weighted by molar-refractivity contribution is -0.131. The number of likely N-dealkylation sites (tertiary alicyclic amines) is 1. The van der Waals surface area contributed by atoms with Crippen molar-refractivity contribution in [3.8, 4) is 17.1 Å². The van der Waals surface area contributed by atoms with Crippen molar-refractivity contribution in [2.24, 2.45) is 0 Å². The molecule has 7 heteroatoms. The second-order valence-corrected chi connectivity index (χ2v) is 7.17. The minimum Gasteiger partial charge on any atom is -0.497 e. The largest absolute Gasteiger partial charge is 0.497 e. The summed E-state index contributed by atoms with van der Waals surface area (Å²) in [6.07, 6.45) is 2.05. The summed E-state index contributed by atoms with van der Waals surface area (Å²) in [5.41, 5.74) is 1.73. The summed E-state index contributed by atoms with van der Waals surface area (Å²) < 4.78 is 10.7. The summed E-state index contributed by atoms with van der Waals surface area (Å²) in [6.45, 7) is 0.689. The predicted octanol–water partition coefficient (Wildman–Crippen LogP) is 4.30. The van der Waals surface area contributed by atoms with E-state index in [1.165, 1.54) is 0 Å². The van der Waals surface area contributed by atoms with Crippen LogP contribution in [0.25, 0.3) is 11.4 Å². The van der Waals surface area contributed by atoms with Crippen LogP contribution in [0, 0.1) is 0 Å². The maximum Gasteiger partial charge on any atom is 0.249 e. The first kappa shape index (κ1) is 18.5. The number of nitrogens with zero attached hydrogens (tertiary/aromatic N) is 3. The van der Waals surface area contributed by atoms with Crippen molar-refractivity contribution in [1.82, 2.24) is 15.0 Å². The Kier molecular flexibility index (Phi) is 5.30. The van der Waals surface area contributed by atoms with Crippen molar-refractivity contribution in [1.29, 1.82) is 0 Å². The number of rotatable bonds is 5. The van der Waals surface area contributed by atoms with Crippen LogP contribution in [0.5, 0.6) is 5.75 Å². The standard InChI is InChI=1S/C21H20ClN3O3/c1-27-17-9-7-14(8-10-17)12-19(26)25-11-3-6-18(25)21-23-20(24-28-21)15-4-2-5-16(22)13-15/h2,4-5,7-10,13,18H,3,6,11-12H2,1H3/t18-/m0/s1. The van der Waals surface area contributed by atoms with E-state index in [0.29, 0.717) is 29.7 Å². The Hall–Kier alpha value is -2.86. The molecule has 28 heavy (non-hydrogen) atoms. The molecule has 1 aliphatic rings. The number of hydrogen-bond acceptors (Lipinski definition) is 5. The van der Waals surface area contributed by atoms with E-state index < -0.39 is 0 Å². The third-order valence-corrected chi connectivity index (χ3v) is 5.13. The molecule has 0 radical (unpaired) electrons. The van der Waals surface area contributed by atoms with E-state index in [4.69, 9.17) is 20.9 Å². The number of amides is 1. The van der Waals surface area contributed by atoms with Gasteiger partial charge >= 0.3 is 0 Å². The Labute approximate surface area is 168 Å². The van der Waals surface area contributed by atoms with Gasteiger partial charge in [-0.3, -0.25) is 4.79 Å². The zero-order valence-electron chi connectivity index (χ0n) is 15.5. The van der Waals surface area contributed by atoms with Gasteiger partial charge in [-0.15, -0.1) is 0 Å². The quantitative estimate of drug-likeness (QED) is 0.641. The molecule has 0 saturated carbocycles. The maximum absolute atomic E-state index is 12.9. The van der Waals surface area contributed by atoms with E-state index in [-0.39, 0.29) is 11.9 Å². The van der Waals surface area contributed by atoms with Crippen LogP contribution in [0.2, 0.25) is 5.02 Å². The molecule has 1 amide bonds. The van der Waals surface area contributed by atoms with Crippen LogP contribution in [0.1, 0.15) is 30.3 Å². The second-order valence-electron chi connectivity index (χ2n) is 6.74. The minimum atomic E-state index is -0.189. The van der Waals surface area contributed by atoms with Crippen LogP contribution < -0.4 is 4.74 Å². The molecule has 0 unspecified atom stereocenters. The van der Waals surface area contributed by atoms with Crippen LogP contribution in [0.3, 0.4) is 0 Å². The number of ether oxygens (including phenoxy) is 1. The first-order valence-electron chi connectivity index (χ1n) is 9.16. The first-order chi connectivity index (χ1) is 13.6. The van der Waals surface area contributed by atoms with Crippen molar-refractivity contribution in [2.75, 3.05) is 13.7 Å². The molecule has 6 nitrogen and oxygen atoms in total. The van der Waals surface area contributed by atoms with Crippen molar-refractivity contribution in [2.45, 2.75) is 25.3 Å². The molecule has 4 rings (SSSR count). The fraction of sp³-hybridized carbons (Fsp3) is 0.286. The Bertz CT molecular complexity index is 971. The molecule has 0 bridgehead atoms. The van der Waals surface area contributed by atoms with Crippen LogP contribution in [0.15, 0.2) is 53.1 Å². The summed E-state index contributed by atoms with van der Waals surface area (Å²) in [6, 6.07) is 14.7. The van der Waals surface area contributed by atoms with Gasteiger partial charge in [-0.25, -0.2) is 0 Å². The molecule has 0 spiro atoms. The number of benzene rings is 2. The number of carbonyl (C=O) groups is 1. The van der Waals surface area contributed by atoms with Crippen LogP contribution in [0.4, 0.5) is 0 Å². The van der Waals surface area contributed by atoms with Gasteiger partial charge < -0.3 is 14.2 Å². The van der Waals surface area contributed by atoms with Gasteiger partial charge in [0.25, 0.3) is 0 Å². The zero-order chi connectivity index (χ0) is 19.5. The number of carbonyl (C=O) groups excluding carboxylic acids is 1. The molecule has 1 fully saturated rings. The van der Waals surface area contributed by atoms with Crippen molar-refractivity contribution < 1.29 is 14.1 Å². The zero-order valence-corrected chi connectivity index (χ0v) is 16.2. The van der Waals surface area contributed by atoms with E-state index in [2.05, 4.69) is 10.1 Å². The number of hydrogen-bond donors (Lipinski definition) is 0. The summed E-state index contributed by atoms with van der Waals surface area (Å²) in [4.78, 5) is 19.2. The van der Waals surface area contributed by atoms with E-state index in [1.54, 1.807) is 19.2 Å². The van der Waals surface area contributed by atoms with Crippen molar-refractivity contribution in [3.05, 3.63) is 65.0 Å². The number of aromatic nitrogens is 2. The van der Waals surface area contributed by atoms with Gasteiger partial charge in [0.2, 0.25) is 17.6 Å². The third-order valence-electron chi connectivity index (χ3n) is 4.90. The maximum atomic E-state index is 12.9. The summed E-state index contributed by atoms with van der Waals surface area (Å²) in [5, 5.41) is 4.68. The smallest absolute Gasteiger partial charge is 0.249 e. The lowest BCUT2D eigenvalue weighted by atomic mass is 10.1. The Morgan fingerprint density at radius 2 is 2.11 bits per heavy atom. The lowest BCUT2D eigenvalue weighted by Gasteiger charge is -2.22. The molecular formula is C21H20ClN3O3. The monoisotopic (exact) mass is 397 g/mol. The SMILES string of the molecule is COc1ccc(CC(=O)N2CCC[C@H]2c2nc(-c3cccc(Cl)c3)no2)cc1. The highest BCUT2D eigenvalue weighted by Gasteiger charge is 2.34. The molecule has 144 valence electrons. The van der Waals surface area contributed by atoms with Gasteiger partial charge in [-0.05, 0) is 42.7 Å². The van der Waals surface area contributed by atoms with Gasteiger partial charge in [-0.2, -0.15) is 4.98 Å². The molecule has 1 saturated heterocycles. The van der Waals surface area contributed by atoms with Crippen LogP contribution >= 0.6 is 11.6 Å². The molecule has 1 atom stereocenters. The van der Waals surface area contributed by atoms with Gasteiger partial charge in [0.05, 0.1) is 13.5 Å². The highest BCUT2D eigenvalue weighted by atomic mass is 35.5. The second kappa shape index (κ2) is 8.02. The van der Waals surface area contributed by atoms with Crippen LogP contribution in [-0.2, 0) is 11.2 Å². The Morgan fingerprint density at radius 1 is 1.29 bits per heavy atom. The highest BCUT2D eigenvalue weighted by molar-refractivity contribution is 6.30. The van der Waals surface area contributed by atoms with Gasteiger partial charge in [0, 0.05) is 17.1 Å². The normalized spacial score (nSPS) is 16.4. The first-order valence-corrected chi connectivity index (χ1v) is 9.54. The molecule has 2 heterocycles. The summed E-state index contributed by atoms with van der Waals surface area (Å²) in [7, 11) is 1.62. The van der Waals surface area contributed by atoms with Gasteiger partial charge in [0.15, 0.2) is 0 Å². The molecule has 0 aliphatic carbocycles. The Balaban J connectivity index is 1.49. The topological polar surface area (TPSA) is 68.5 Å². The van der Waals surface area contributed by atoms with Gasteiger partial charge in [-0.1, -0.05) is 41.0 Å². The molecular weight excluding hydrogens is 378 g/mol. The fourth-order valence-electron chi connectivity index (χ4n) is 3.46. The fourth-order valence-corrected chi connectivity index (χ4v) is 3.65. The molecule has 2 aromatic carbocycles. The molecule has 1 aliphatic heterocycles. The average molecular weight is 398 g/mol. The Morgan fingerprint density at radius 3 is 2.86 bits per heavy atom. The average Bonchev–Trinajstić information content (AvgIpc) is 3.38. The predicted molar refractivity (Wildman–Crippen MR) is 105 cm³/mol. The third kappa shape index (κ3) is 3.87. The highest BCUT2D eigenvalue weighted by Crippen LogP contribution is 2.33. The van der Waals surface area contributed by atoms with Crippen molar-refractivity contribution in [3.63, 3.8) is 0 Å². The molecule has 1 aromatic heterocycles. The summed E-state index contributed by atoms with van der Waals surface area (Å²) in [5.74, 6) is 1.77. The van der Waals surface area contributed by atoms with Crippen molar-refractivity contribution >= 4 is 17.5 Å². The summed E-state index contributed by atoms with van der Waals surface area (Å²) >= 11 is 6.04. The van der Waals surface area contributed by atoms with Crippen LogP contribution in [-0.4, -0.2) is 34.6 Å². The van der Waals surface area contributed by atoms with E-state index in [9.17, 15) is 4.79 Å². The molecule has 0 N–H and O–H groups in total. The minimum absolute atomic E-state index is 0.0511. The van der Waals surface area contributed by atoms with E-state index >= 15 is 0 Å². The van der Waals surface area contributed by atoms with E-state index in [1.807, 2.05) is 41.3 Å². The lowest BCUT2D eigenvalue weighted by Crippen LogP contribution is -2.32. The molecule has 3 aromatic rings. The number of halogens is 1.